The maximum atomic E-state index is 12.2. The van der Waals surface area contributed by atoms with Gasteiger partial charge in [-0.2, -0.15) is 4.31 Å². The topological polar surface area (TPSA) is 83.6 Å². The van der Waals surface area contributed by atoms with Crippen LogP contribution in [-0.2, 0) is 16.6 Å². The number of sulfonamides is 1. The van der Waals surface area contributed by atoms with Gasteiger partial charge in [-0.3, -0.25) is 0 Å². The minimum absolute atomic E-state index is 0.153. The number of anilines is 1. The number of hydrogen-bond donors (Lipinski definition) is 2. The van der Waals surface area contributed by atoms with Gasteiger partial charge in [-0.05, 0) is 23.8 Å². The highest BCUT2D eigenvalue weighted by atomic mass is 32.2. The lowest BCUT2D eigenvalue weighted by Crippen LogP contribution is -2.25. The van der Waals surface area contributed by atoms with Crippen LogP contribution in [0.1, 0.15) is 5.56 Å². The van der Waals surface area contributed by atoms with E-state index in [0.29, 0.717) is 5.69 Å². The van der Waals surface area contributed by atoms with Gasteiger partial charge in [-0.15, -0.1) is 11.3 Å². The normalized spacial score (nSPS) is 11.9. The number of nitrogens with two attached hydrogens (primary N) is 1. The van der Waals surface area contributed by atoms with Crippen molar-refractivity contribution < 1.29 is 13.5 Å². The first-order chi connectivity index (χ1) is 8.89. The highest BCUT2D eigenvalue weighted by molar-refractivity contribution is 7.91. The van der Waals surface area contributed by atoms with Crippen molar-refractivity contribution in [3.63, 3.8) is 0 Å². The molecule has 0 aliphatic rings. The Morgan fingerprint density at radius 3 is 2.47 bits per heavy atom. The molecule has 0 saturated carbocycles. The monoisotopic (exact) mass is 298 g/mol. The van der Waals surface area contributed by atoms with Gasteiger partial charge in [0.1, 0.15) is 9.96 Å². The van der Waals surface area contributed by atoms with E-state index < -0.39 is 10.0 Å². The zero-order chi connectivity index (χ0) is 14.0. The van der Waals surface area contributed by atoms with Gasteiger partial charge in [0.25, 0.3) is 10.0 Å². The molecule has 0 bridgehead atoms. The van der Waals surface area contributed by atoms with Crippen LogP contribution in [-0.4, -0.2) is 24.9 Å². The Bertz CT molecular complexity index is 663. The van der Waals surface area contributed by atoms with Crippen molar-refractivity contribution in [2.75, 3.05) is 12.8 Å². The highest BCUT2D eigenvalue weighted by Gasteiger charge is 2.22. The molecule has 0 fully saturated rings. The van der Waals surface area contributed by atoms with E-state index in [0.717, 1.165) is 16.9 Å². The van der Waals surface area contributed by atoms with E-state index in [1.807, 2.05) is 0 Å². The molecule has 0 aliphatic carbocycles. The van der Waals surface area contributed by atoms with Crippen LogP contribution in [0.15, 0.2) is 39.9 Å². The van der Waals surface area contributed by atoms with Gasteiger partial charge >= 0.3 is 0 Å². The molecule has 102 valence electrons. The number of phenols is 1. The van der Waals surface area contributed by atoms with Gasteiger partial charge in [-0.25, -0.2) is 8.42 Å². The van der Waals surface area contributed by atoms with Crippen LogP contribution < -0.4 is 5.73 Å². The van der Waals surface area contributed by atoms with Crippen LogP contribution in [0.3, 0.4) is 0 Å². The van der Waals surface area contributed by atoms with Crippen molar-refractivity contribution in [2.24, 2.45) is 0 Å². The maximum Gasteiger partial charge on any atom is 0.252 e. The molecule has 1 aromatic carbocycles. The average Bonchev–Trinajstić information content (AvgIpc) is 2.79. The summed E-state index contributed by atoms with van der Waals surface area (Å²) < 4.78 is 26.0. The zero-order valence-corrected chi connectivity index (χ0v) is 11.9. The van der Waals surface area contributed by atoms with Crippen molar-refractivity contribution in [3.8, 4) is 5.75 Å². The molecule has 0 saturated heterocycles. The molecule has 1 heterocycles. The Balaban J connectivity index is 2.19. The smallest absolute Gasteiger partial charge is 0.252 e. The number of benzene rings is 1. The van der Waals surface area contributed by atoms with Crippen LogP contribution in [0.4, 0.5) is 5.69 Å². The molecule has 3 N–H and O–H groups in total. The number of rotatable bonds is 4. The minimum Gasteiger partial charge on any atom is -0.508 e. The van der Waals surface area contributed by atoms with E-state index in [2.05, 4.69) is 0 Å². The Morgan fingerprint density at radius 1 is 1.32 bits per heavy atom. The van der Waals surface area contributed by atoms with Gasteiger partial charge in [0.2, 0.25) is 0 Å². The highest BCUT2D eigenvalue weighted by Crippen LogP contribution is 2.25. The first kappa shape index (κ1) is 13.9. The molecule has 0 amide bonds. The van der Waals surface area contributed by atoms with Crippen LogP contribution >= 0.6 is 11.3 Å². The number of nitrogen functional groups attached to an aromatic ring is 1. The molecule has 5 nitrogen and oxygen atoms in total. The largest absolute Gasteiger partial charge is 0.508 e. The fourth-order valence-corrected chi connectivity index (χ4v) is 4.01. The lowest BCUT2D eigenvalue weighted by Gasteiger charge is -2.16. The summed E-state index contributed by atoms with van der Waals surface area (Å²) in [5.74, 6) is 0.153. The Hall–Kier alpha value is -1.57. The SMILES string of the molecule is CN(Cc1ccc(O)cc1)S(=O)(=O)c1cc(N)cs1. The Labute approximate surface area is 116 Å². The van der Waals surface area contributed by atoms with Gasteiger partial charge in [0, 0.05) is 24.7 Å². The first-order valence-corrected chi connectivity index (χ1v) is 7.80. The van der Waals surface area contributed by atoms with E-state index in [1.165, 1.54) is 29.6 Å². The standard InChI is InChI=1S/C12H14N2O3S2/c1-14(7-9-2-4-11(15)5-3-9)19(16,17)12-6-10(13)8-18-12/h2-6,8,15H,7,13H2,1H3. The second-order valence-corrected chi connectivity index (χ2v) is 7.31. The molecular weight excluding hydrogens is 284 g/mol. The summed E-state index contributed by atoms with van der Waals surface area (Å²) in [5, 5.41) is 10.8. The molecule has 1 aromatic heterocycles. The summed E-state index contributed by atoms with van der Waals surface area (Å²) in [6, 6.07) is 7.87. The van der Waals surface area contributed by atoms with Crippen molar-refractivity contribution >= 4 is 27.0 Å². The van der Waals surface area contributed by atoms with E-state index >= 15 is 0 Å². The predicted molar refractivity (Wildman–Crippen MR) is 75.5 cm³/mol. The maximum absolute atomic E-state index is 12.2. The predicted octanol–water partition coefficient (Wildman–Crippen LogP) is 1.86. The summed E-state index contributed by atoms with van der Waals surface area (Å²) in [5.41, 5.74) is 6.79. The quantitative estimate of drug-likeness (QED) is 0.902. The van der Waals surface area contributed by atoms with Gasteiger partial charge in [0.15, 0.2) is 0 Å². The van der Waals surface area contributed by atoms with Crippen LogP contribution in [0, 0.1) is 0 Å². The number of thiophene rings is 1. The Morgan fingerprint density at radius 2 is 1.95 bits per heavy atom. The van der Waals surface area contributed by atoms with Crippen LogP contribution in [0.2, 0.25) is 0 Å². The second-order valence-electron chi connectivity index (χ2n) is 4.13. The molecule has 19 heavy (non-hydrogen) atoms. The fraction of sp³-hybridized carbons (Fsp3) is 0.167. The molecule has 0 radical (unpaired) electrons. The van der Waals surface area contributed by atoms with Crippen molar-refractivity contribution in [2.45, 2.75) is 10.8 Å². The van der Waals surface area contributed by atoms with Crippen molar-refractivity contribution in [3.05, 3.63) is 41.3 Å². The molecular formula is C12H14N2O3S2. The number of hydrogen-bond acceptors (Lipinski definition) is 5. The summed E-state index contributed by atoms with van der Waals surface area (Å²) in [7, 11) is -2.01. The summed E-state index contributed by atoms with van der Waals surface area (Å²) in [4.78, 5) is 0. The number of nitrogens with zero attached hydrogens (tertiary/aromatic N) is 1. The molecule has 0 atom stereocenters. The van der Waals surface area contributed by atoms with Gasteiger partial charge in [0.05, 0.1) is 0 Å². The fourth-order valence-electron chi connectivity index (χ4n) is 1.56. The lowest BCUT2D eigenvalue weighted by molar-refractivity contribution is 0.465. The molecule has 0 spiro atoms. The lowest BCUT2D eigenvalue weighted by atomic mass is 10.2. The first-order valence-electron chi connectivity index (χ1n) is 5.48. The third-order valence-corrected chi connectivity index (χ3v) is 5.84. The minimum atomic E-state index is -3.52. The average molecular weight is 298 g/mol. The summed E-state index contributed by atoms with van der Waals surface area (Å²) >= 11 is 1.10. The molecule has 2 rings (SSSR count). The summed E-state index contributed by atoms with van der Waals surface area (Å²) in [6.45, 7) is 0.237. The number of aromatic hydroxyl groups is 1. The van der Waals surface area contributed by atoms with E-state index in [-0.39, 0.29) is 16.5 Å². The second kappa shape index (κ2) is 5.20. The van der Waals surface area contributed by atoms with Gasteiger partial charge < -0.3 is 10.8 Å². The Kier molecular flexibility index (Phi) is 3.79. The van der Waals surface area contributed by atoms with Crippen LogP contribution in [0.5, 0.6) is 5.75 Å². The van der Waals surface area contributed by atoms with E-state index in [9.17, 15) is 13.5 Å². The van der Waals surface area contributed by atoms with Gasteiger partial charge in [-0.1, -0.05) is 12.1 Å². The van der Waals surface area contributed by atoms with Crippen molar-refractivity contribution in [1.29, 1.82) is 0 Å². The molecule has 0 aliphatic heterocycles. The number of phenolic OH excluding ortho intramolecular Hbond substituents is 1. The zero-order valence-electron chi connectivity index (χ0n) is 10.3. The molecule has 2 aromatic rings. The van der Waals surface area contributed by atoms with Crippen molar-refractivity contribution in [1.82, 2.24) is 4.31 Å². The third kappa shape index (κ3) is 3.06. The van der Waals surface area contributed by atoms with E-state index in [1.54, 1.807) is 17.5 Å². The molecule has 7 heteroatoms. The third-order valence-electron chi connectivity index (χ3n) is 2.60. The van der Waals surface area contributed by atoms with E-state index in [4.69, 9.17) is 5.73 Å². The van der Waals surface area contributed by atoms with Crippen LogP contribution in [0.25, 0.3) is 0 Å². The summed E-state index contributed by atoms with van der Waals surface area (Å²) in [6.07, 6.45) is 0. The molecule has 0 unspecified atom stereocenters.